The third-order valence-electron chi connectivity index (χ3n) is 3.36. The van der Waals surface area contributed by atoms with Gasteiger partial charge in [-0.15, -0.1) is 0 Å². The number of aliphatic carboxylic acids is 1. The Morgan fingerprint density at radius 3 is 2.60 bits per heavy atom. The molecule has 4 nitrogen and oxygen atoms in total. The fourth-order valence-corrected chi connectivity index (χ4v) is 2.15. The summed E-state index contributed by atoms with van der Waals surface area (Å²) < 4.78 is 0. The highest BCUT2D eigenvalue weighted by atomic mass is 16.4. The molecule has 0 saturated heterocycles. The number of rotatable bonds is 7. The first-order valence-electron chi connectivity index (χ1n) is 7.06. The van der Waals surface area contributed by atoms with E-state index < -0.39 is 11.9 Å². The molecule has 0 fully saturated rings. The minimum atomic E-state index is -0.870. The Hall–Kier alpha value is -1.84. The van der Waals surface area contributed by atoms with Gasteiger partial charge in [-0.3, -0.25) is 9.59 Å². The fraction of sp³-hybridized carbons (Fsp3) is 0.500. The van der Waals surface area contributed by atoms with Crippen LogP contribution < -0.4 is 5.32 Å². The molecule has 1 amide bonds. The molecule has 1 aromatic carbocycles. The Morgan fingerprint density at radius 1 is 1.30 bits per heavy atom. The molecule has 1 rings (SSSR count). The van der Waals surface area contributed by atoms with E-state index in [9.17, 15) is 9.59 Å². The highest BCUT2D eigenvalue weighted by molar-refractivity contribution is 5.91. The fourth-order valence-electron chi connectivity index (χ4n) is 2.15. The molecule has 0 aliphatic carbocycles. The van der Waals surface area contributed by atoms with E-state index in [0.29, 0.717) is 23.6 Å². The maximum absolute atomic E-state index is 11.9. The minimum absolute atomic E-state index is 0.0221. The predicted octanol–water partition coefficient (Wildman–Crippen LogP) is 3.64. The number of nitrogens with one attached hydrogen (secondary N) is 1. The summed E-state index contributed by atoms with van der Waals surface area (Å²) in [7, 11) is 0. The van der Waals surface area contributed by atoms with Crippen LogP contribution >= 0.6 is 0 Å². The summed E-state index contributed by atoms with van der Waals surface area (Å²) in [5.41, 5.74) is 1.35. The number of carbonyl (C=O) groups excluding carboxylic acids is 1. The molecule has 0 aromatic heterocycles. The second-order valence-electron chi connectivity index (χ2n) is 5.33. The Labute approximate surface area is 120 Å². The Kier molecular flexibility index (Phi) is 6.22. The highest BCUT2D eigenvalue weighted by Gasteiger charge is 2.14. The van der Waals surface area contributed by atoms with Gasteiger partial charge in [-0.1, -0.05) is 38.8 Å². The van der Waals surface area contributed by atoms with E-state index in [1.807, 2.05) is 0 Å². The smallest absolute Gasteiger partial charge is 0.310 e. The molecule has 2 unspecified atom stereocenters. The topological polar surface area (TPSA) is 66.4 Å². The molecule has 0 heterocycles. The number of anilines is 1. The standard InChI is InChI=1S/C16H23NO3/c1-4-6-11(2)9-15(18)17-14-8-5-7-13(10-14)12(3)16(19)20/h5,7-8,10-12H,4,6,9H2,1-3H3,(H,17,18)(H,19,20). The molecular formula is C16H23NO3. The van der Waals surface area contributed by atoms with Gasteiger partial charge in [0, 0.05) is 12.1 Å². The number of amides is 1. The van der Waals surface area contributed by atoms with E-state index in [1.54, 1.807) is 31.2 Å². The van der Waals surface area contributed by atoms with Crippen LogP contribution in [0.2, 0.25) is 0 Å². The van der Waals surface area contributed by atoms with E-state index in [2.05, 4.69) is 19.2 Å². The average Bonchev–Trinajstić information content (AvgIpc) is 2.37. The molecule has 0 aliphatic rings. The molecule has 2 atom stereocenters. The Bertz CT molecular complexity index is 471. The summed E-state index contributed by atoms with van der Waals surface area (Å²) in [6.45, 7) is 5.80. The molecule has 0 aliphatic heterocycles. The summed E-state index contributed by atoms with van der Waals surface area (Å²) in [6, 6.07) is 7.02. The van der Waals surface area contributed by atoms with E-state index in [-0.39, 0.29) is 5.91 Å². The van der Waals surface area contributed by atoms with Crippen LogP contribution in [0.15, 0.2) is 24.3 Å². The first-order valence-corrected chi connectivity index (χ1v) is 7.06. The number of benzene rings is 1. The summed E-state index contributed by atoms with van der Waals surface area (Å²) in [5.74, 6) is -1.11. The lowest BCUT2D eigenvalue weighted by Crippen LogP contribution is -2.15. The highest BCUT2D eigenvalue weighted by Crippen LogP contribution is 2.20. The Balaban J connectivity index is 2.66. The summed E-state index contributed by atoms with van der Waals surface area (Å²) in [5, 5.41) is 11.8. The van der Waals surface area contributed by atoms with E-state index in [0.717, 1.165) is 12.8 Å². The third kappa shape index (κ3) is 5.03. The van der Waals surface area contributed by atoms with Crippen LogP contribution in [0.4, 0.5) is 5.69 Å². The predicted molar refractivity (Wildman–Crippen MR) is 79.8 cm³/mol. The van der Waals surface area contributed by atoms with Gasteiger partial charge in [0.2, 0.25) is 5.91 Å². The van der Waals surface area contributed by atoms with Crippen molar-refractivity contribution in [3.63, 3.8) is 0 Å². The largest absolute Gasteiger partial charge is 0.481 e. The van der Waals surface area contributed by atoms with Crippen molar-refractivity contribution in [2.45, 2.75) is 46.0 Å². The molecule has 0 spiro atoms. The van der Waals surface area contributed by atoms with E-state index in [1.165, 1.54) is 0 Å². The first-order chi connectivity index (χ1) is 9.43. The summed E-state index contributed by atoms with van der Waals surface area (Å²) in [6.07, 6.45) is 2.59. The summed E-state index contributed by atoms with van der Waals surface area (Å²) >= 11 is 0. The second-order valence-corrected chi connectivity index (χ2v) is 5.33. The zero-order valence-corrected chi connectivity index (χ0v) is 12.3. The van der Waals surface area contributed by atoms with Crippen LogP contribution in [0.25, 0.3) is 0 Å². The maximum atomic E-state index is 11.9. The quantitative estimate of drug-likeness (QED) is 0.799. The second kappa shape index (κ2) is 7.68. The van der Waals surface area contributed by atoms with Crippen molar-refractivity contribution in [1.29, 1.82) is 0 Å². The molecule has 1 aromatic rings. The molecule has 20 heavy (non-hydrogen) atoms. The van der Waals surface area contributed by atoms with Gasteiger partial charge >= 0.3 is 5.97 Å². The van der Waals surface area contributed by atoms with Crippen molar-refractivity contribution in [1.82, 2.24) is 0 Å². The average molecular weight is 277 g/mol. The zero-order valence-electron chi connectivity index (χ0n) is 12.3. The number of hydrogen-bond acceptors (Lipinski definition) is 2. The lowest BCUT2D eigenvalue weighted by Gasteiger charge is -2.12. The lowest BCUT2D eigenvalue weighted by molar-refractivity contribution is -0.138. The van der Waals surface area contributed by atoms with Gasteiger partial charge in [0.05, 0.1) is 5.92 Å². The van der Waals surface area contributed by atoms with Crippen molar-refractivity contribution in [3.8, 4) is 0 Å². The van der Waals surface area contributed by atoms with E-state index >= 15 is 0 Å². The van der Waals surface area contributed by atoms with Gasteiger partial charge < -0.3 is 10.4 Å². The van der Waals surface area contributed by atoms with Crippen LogP contribution in [-0.2, 0) is 9.59 Å². The SMILES string of the molecule is CCCC(C)CC(=O)Nc1cccc(C(C)C(=O)O)c1. The molecular weight excluding hydrogens is 254 g/mol. The zero-order chi connectivity index (χ0) is 15.1. The number of hydrogen-bond donors (Lipinski definition) is 2. The molecule has 0 saturated carbocycles. The molecule has 110 valence electrons. The van der Waals surface area contributed by atoms with Crippen molar-refractivity contribution < 1.29 is 14.7 Å². The van der Waals surface area contributed by atoms with Crippen molar-refractivity contribution in [3.05, 3.63) is 29.8 Å². The number of carbonyl (C=O) groups is 2. The van der Waals surface area contributed by atoms with Crippen LogP contribution in [0.3, 0.4) is 0 Å². The van der Waals surface area contributed by atoms with Crippen LogP contribution in [0, 0.1) is 5.92 Å². The molecule has 0 radical (unpaired) electrons. The van der Waals surface area contributed by atoms with Crippen LogP contribution in [0.5, 0.6) is 0 Å². The normalized spacial score (nSPS) is 13.6. The van der Waals surface area contributed by atoms with Gasteiger partial charge in [-0.25, -0.2) is 0 Å². The number of carboxylic acids is 1. The minimum Gasteiger partial charge on any atom is -0.481 e. The van der Waals surface area contributed by atoms with E-state index in [4.69, 9.17) is 5.11 Å². The van der Waals surface area contributed by atoms with Crippen LogP contribution in [-0.4, -0.2) is 17.0 Å². The maximum Gasteiger partial charge on any atom is 0.310 e. The first kappa shape index (κ1) is 16.2. The van der Waals surface area contributed by atoms with Crippen LogP contribution in [0.1, 0.15) is 51.5 Å². The lowest BCUT2D eigenvalue weighted by atomic mass is 10.0. The third-order valence-corrected chi connectivity index (χ3v) is 3.36. The number of carboxylic acid groups (broad SMARTS) is 1. The van der Waals surface area contributed by atoms with Crippen molar-refractivity contribution in [2.75, 3.05) is 5.32 Å². The molecule has 2 N–H and O–H groups in total. The molecule has 4 heteroatoms. The van der Waals surface area contributed by atoms with Gasteiger partial charge in [0.25, 0.3) is 0 Å². The van der Waals surface area contributed by atoms with Crippen molar-refractivity contribution >= 4 is 17.6 Å². The van der Waals surface area contributed by atoms with Crippen molar-refractivity contribution in [2.24, 2.45) is 5.92 Å². The van der Waals surface area contributed by atoms with Gasteiger partial charge in [0.1, 0.15) is 0 Å². The monoisotopic (exact) mass is 277 g/mol. The Morgan fingerprint density at radius 2 is 2.00 bits per heavy atom. The van der Waals surface area contributed by atoms with Gasteiger partial charge in [-0.2, -0.15) is 0 Å². The van der Waals surface area contributed by atoms with Gasteiger partial charge in [0.15, 0.2) is 0 Å². The van der Waals surface area contributed by atoms with Gasteiger partial charge in [-0.05, 0) is 30.5 Å². The summed E-state index contributed by atoms with van der Waals surface area (Å²) in [4.78, 5) is 22.8. The molecule has 0 bridgehead atoms.